The predicted molar refractivity (Wildman–Crippen MR) is 91.3 cm³/mol. The summed E-state index contributed by atoms with van der Waals surface area (Å²) >= 11 is 0. The first-order valence-corrected chi connectivity index (χ1v) is 8.16. The number of nitrogens with zero attached hydrogens (tertiary/aromatic N) is 3. The highest BCUT2D eigenvalue weighted by molar-refractivity contribution is 5.89. The molecule has 6 nitrogen and oxygen atoms in total. The van der Waals surface area contributed by atoms with Crippen LogP contribution in [0.5, 0.6) is 0 Å². The van der Waals surface area contributed by atoms with Crippen LogP contribution in [0.15, 0.2) is 36.7 Å². The van der Waals surface area contributed by atoms with Crippen molar-refractivity contribution in [2.45, 2.75) is 12.8 Å². The lowest BCUT2D eigenvalue weighted by molar-refractivity contribution is 0.0691. The van der Waals surface area contributed by atoms with Gasteiger partial charge in [0.05, 0.1) is 22.7 Å². The molecule has 1 fully saturated rings. The molecular weight excluding hydrogens is 323 g/mol. The molecule has 0 amide bonds. The Hall–Kier alpha value is -2.96. The van der Waals surface area contributed by atoms with Gasteiger partial charge in [0.15, 0.2) is 0 Å². The van der Waals surface area contributed by atoms with Gasteiger partial charge in [0.2, 0.25) is 0 Å². The first kappa shape index (κ1) is 15.6. The van der Waals surface area contributed by atoms with E-state index >= 15 is 0 Å². The molecule has 1 aromatic carbocycles. The Labute approximate surface area is 143 Å². The zero-order valence-corrected chi connectivity index (χ0v) is 13.4. The molecular formula is C18H17FN4O2. The summed E-state index contributed by atoms with van der Waals surface area (Å²) in [7, 11) is 0. The standard InChI is InChI=1S/C18H17FN4O2/c19-15-2-1-11(8-13(15)18(24)25)7-12-4-6-23(10-12)17-14-9-21-22-16(14)3-5-20-17/h1-3,5,8-9,12H,4,6-7,10H2,(H,21,22)(H,24,25). The Kier molecular flexibility index (Phi) is 3.83. The van der Waals surface area contributed by atoms with E-state index in [1.54, 1.807) is 18.5 Å². The first-order valence-electron chi connectivity index (χ1n) is 8.16. The minimum atomic E-state index is -1.23. The maximum Gasteiger partial charge on any atom is 0.338 e. The third kappa shape index (κ3) is 2.93. The van der Waals surface area contributed by atoms with Crippen molar-refractivity contribution < 1.29 is 14.3 Å². The van der Waals surface area contributed by atoms with Gasteiger partial charge in [0, 0.05) is 19.3 Å². The fraction of sp³-hybridized carbons (Fsp3) is 0.278. The number of carbonyl (C=O) groups is 1. The van der Waals surface area contributed by atoms with Crippen molar-refractivity contribution in [3.8, 4) is 0 Å². The highest BCUT2D eigenvalue weighted by atomic mass is 19.1. The van der Waals surface area contributed by atoms with E-state index in [1.165, 1.54) is 12.1 Å². The number of carboxylic acid groups (broad SMARTS) is 1. The molecule has 1 aliphatic rings. The number of fused-ring (bicyclic) bond motifs is 1. The Morgan fingerprint density at radius 1 is 1.40 bits per heavy atom. The van der Waals surface area contributed by atoms with Gasteiger partial charge in [0.25, 0.3) is 0 Å². The van der Waals surface area contributed by atoms with E-state index in [0.717, 1.165) is 48.2 Å². The summed E-state index contributed by atoms with van der Waals surface area (Å²) in [6.45, 7) is 1.71. The van der Waals surface area contributed by atoms with Gasteiger partial charge in [-0.25, -0.2) is 14.2 Å². The Bertz CT molecular complexity index is 940. The second kappa shape index (κ2) is 6.16. The summed E-state index contributed by atoms with van der Waals surface area (Å²) in [6, 6.07) is 6.24. The second-order valence-corrected chi connectivity index (χ2v) is 6.39. The normalized spacial score (nSPS) is 17.3. The maximum atomic E-state index is 13.5. The molecule has 1 aliphatic heterocycles. The van der Waals surface area contributed by atoms with Crippen LogP contribution < -0.4 is 4.90 Å². The van der Waals surface area contributed by atoms with E-state index in [2.05, 4.69) is 20.1 Å². The Morgan fingerprint density at radius 2 is 2.28 bits per heavy atom. The fourth-order valence-electron chi connectivity index (χ4n) is 3.49. The minimum Gasteiger partial charge on any atom is -0.478 e. The highest BCUT2D eigenvalue weighted by Gasteiger charge is 2.25. The number of hydrogen-bond acceptors (Lipinski definition) is 4. The van der Waals surface area contributed by atoms with Gasteiger partial charge in [-0.05, 0) is 42.5 Å². The smallest absolute Gasteiger partial charge is 0.338 e. The monoisotopic (exact) mass is 340 g/mol. The van der Waals surface area contributed by atoms with Crippen LogP contribution in [0.4, 0.5) is 10.2 Å². The fourth-order valence-corrected chi connectivity index (χ4v) is 3.49. The topological polar surface area (TPSA) is 82.1 Å². The van der Waals surface area contributed by atoms with Crippen molar-refractivity contribution in [2.75, 3.05) is 18.0 Å². The third-order valence-electron chi connectivity index (χ3n) is 4.72. The average Bonchev–Trinajstić information content (AvgIpc) is 3.25. The van der Waals surface area contributed by atoms with E-state index in [0.29, 0.717) is 5.92 Å². The number of aromatic carboxylic acids is 1. The molecule has 3 heterocycles. The lowest BCUT2D eigenvalue weighted by Gasteiger charge is -2.18. The summed E-state index contributed by atoms with van der Waals surface area (Å²) in [5.74, 6) is -0.640. The molecule has 0 saturated carbocycles. The van der Waals surface area contributed by atoms with Crippen molar-refractivity contribution in [2.24, 2.45) is 5.92 Å². The SMILES string of the molecule is O=C(O)c1cc(CC2CCN(c3nccc4[nH]ncc34)C2)ccc1F. The third-order valence-corrected chi connectivity index (χ3v) is 4.72. The van der Waals surface area contributed by atoms with E-state index in [9.17, 15) is 9.18 Å². The Balaban J connectivity index is 1.51. The number of rotatable bonds is 4. The second-order valence-electron chi connectivity index (χ2n) is 6.39. The number of carboxylic acids is 1. The summed E-state index contributed by atoms with van der Waals surface area (Å²) < 4.78 is 13.5. The van der Waals surface area contributed by atoms with Crippen LogP contribution in [0.25, 0.3) is 10.9 Å². The van der Waals surface area contributed by atoms with Crippen molar-refractivity contribution in [1.82, 2.24) is 15.2 Å². The number of anilines is 1. The van der Waals surface area contributed by atoms with Crippen LogP contribution in [0.3, 0.4) is 0 Å². The average molecular weight is 340 g/mol. The summed E-state index contributed by atoms with van der Waals surface area (Å²) in [4.78, 5) is 17.8. The van der Waals surface area contributed by atoms with E-state index in [1.807, 2.05) is 6.07 Å². The molecule has 0 spiro atoms. The molecule has 4 rings (SSSR count). The van der Waals surface area contributed by atoms with Crippen molar-refractivity contribution >= 4 is 22.7 Å². The number of halogens is 1. The Morgan fingerprint density at radius 3 is 3.12 bits per heavy atom. The van der Waals surface area contributed by atoms with Gasteiger partial charge in [-0.2, -0.15) is 5.10 Å². The quantitative estimate of drug-likeness (QED) is 0.763. The van der Waals surface area contributed by atoms with Gasteiger partial charge in [0.1, 0.15) is 11.6 Å². The van der Waals surface area contributed by atoms with Crippen LogP contribution in [0.2, 0.25) is 0 Å². The lowest BCUT2D eigenvalue weighted by Crippen LogP contribution is -2.21. The molecule has 1 atom stereocenters. The molecule has 2 N–H and O–H groups in total. The van der Waals surface area contributed by atoms with E-state index in [4.69, 9.17) is 5.11 Å². The summed E-state index contributed by atoms with van der Waals surface area (Å²) in [5, 5.41) is 17.1. The van der Waals surface area contributed by atoms with Gasteiger partial charge >= 0.3 is 5.97 Å². The van der Waals surface area contributed by atoms with Gasteiger partial charge in [-0.1, -0.05) is 6.07 Å². The minimum absolute atomic E-state index is 0.266. The maximum absolute atomic E-state index is 13.5. The number of H-pyrrole nitrogens is 1. The molecule has 1 saturated heterocycles. The molecule has 7 heteroatoms. The summed E-state index contributed by atoms with van der Waals surface area (Å²) in [5.41, 5.74) is 1.54. The molecule has 1 unspecified atom stereocenters. The zero-order valence-electron chi connectivity index (χ0n) is 13.4. The number of hydrogen-bond donors (Lipinski definition) is 2. The molecule has 2 aromatic heterocycles. The van der Waals surface area contributed by atoms with Crippen LogP contribution in [-0.4, -0.2) is 39.3 Å². The van der Waals surface area contributed by atoms with Crippen molar-refractivity contribution in [3.05, 3.63) is 53.6 Å². The molecule has 0 bridgehead atoms. The van der Waals surface area contributed by atoms with Crippen LogP contribution in [-0.2, 0) is 6.42 Å². The van der Waals surface area contributed by atoms with Gasteiger partial charge in [-0.15, -0.1) is 0 Å². The zero-order chi connectivity index (χ0) is 17.4. The van der Waals surface area contributed by atoms with Crippen molar-refractivity contribution in [1.29, 1.82) is 0 Å². The number of nitrogens with one attached hydrogen (secondary N) is 1. The van der Waals surface area contributed by atoms with Gasteiger partial charge < -0.3 is 10.0 Å². The molecule has 128 valence electrons. The first-order chi connectivity index (χ1) is 12.1. The lowest BCUT2D eigenvalue weighted by atomic mass is 9.97. The molecule has 25 heavy (non-hydrogen) atoms. The number of aromatic nitrogens is 3. The van der Waals surface area contributed by atoms with Crippen LogP contribution in [0, 0.1) is 11.7 Å². The largest absolute Gasteiger partial charge is 0.478 e. The highest BCUT2D eigenvalue weighted by Crippen LogP contribution is 2.29. The van der Waals surface area contributed by atoms with Crippen molar-refractivity contribution in [3.63, 3.8) is 0 Å². The van der Waals surface area contributed by atoms with Gasteiger partial charge in [-0.3, -0.25) is 5.10 Å². The molecule has 3 aromatic rings. The van der Waals surface area contributed by atoms with Crippen LogP contribution >= 0.6 is 0 Å². The van der Waals surface area contributed by atoms with E-state index < -0.39 is 11.8 Å². The number of benzene rings is 1. The molecule has 0 radical (unpaired) electrons. The van der Waals surface area contributed by atoms with E-state index in [-0.39, 0.29) is 5.56 Å². The number of aromatic amines is 1. The molecule has 0 aliphatic carbocycles. The van der Waals surface area contributed by atoms with Crippen LogP contribution in [0.1, 0.15) is 22.3 Å². The number of pyridine rings is 1. The summed E-state index contributed by atoms with van der Waals surface area (Å²) in [6.07, 6.45) is 5.25. The predicted octanol–water partition coefficient (Wildman–Crippen LogP) is 2.86.